The van der Waals surface area contributed by atoms with Crippen LogP contribution in [0.5, 0.6) is 0 Å². The number of aliphatic hydroxyl groups is 1. The fourth-order valence-corrected chi connectivity index (χ4v) is 4.14. The minimum atomic E-state index is -1.03. The fraction of sp³-hybridized carbons (Fsp3) is 0.348. The number of carboxylic acids is 1. The van der Waals surface area contributed by atoms with Crippen LogP contribution in [0.4, 0.5) is 0 Å². The number of carboxylic acid groups (broad SMARTS) is 1. The molecule has 3 aromatic rings. The molecule has 0 aliphatic carbocycles. The number of benzene rings is 2. The Morgan fingerprint density at radius 3 is 2.81 bits per heavy atom. The summed E-state index contributed by atoms with van der Waals surface area (Å²) in [4.78, 5) is 42.3. The van der Waals surface area contributed by atoms with E-state index in [1.807, 2.05) is 6.07 Å². The molecule has 2 atom stereocenters. The van der Waals surface area contributed by atoms with Gasteiger partial charge in [0, 0.05) is 26.7 Å². The quantitative estimate of drug-likeness (QED) is 0.511. The number of nitrogens with one attached hydrogen (secondary N) is 1. The third-order valence-corrected chi connectivity index (χ3v) is 5.90. The van der Waals surface area contributed by atoms with Crippen molar-refractivity contribution >= 4 is 23.0 Å². The van der Waals surface area contributed by atoms with Crippen LogP contribution in [0, 0.1) is 0 Å². The van der Waals surface area contributed by atoms with E-state index >= 15 is 0 Å². The van der Waals surface area contributed by atoms with Crippen molar-refractivity contribution < 1.29 is 24.2 Å². The highest BCUT2D eigenvalue weighted by atomic mass is 16.4. The zero-order chi connectivity index (χ0) is 22.8. The van der Waals surface area contributed by atoms with Crippen molar-refractivity contribution in [3.63, 3.8) is 0 Å². The number of H-pyrrole nitrogens is 1. The van der Waals surface area contributed by atoms with Crippen molar-refractivity contribution in [2.45, 2.75) is 25.0 Å². The lowest BCUT2D eigenvalue weighted by Crippen LogP contribution is -2.39. The minimum absolute atomic E-state index is 0.109. The summed E-state index contributed by atoms with van der Waals surface area (Å²) in [7, 11) is 1.70. The second-order valence-electron chi connectivity index (χ2n) is 8.17. The summed E-state index contributed by atoms with van der Waals surface area (Å²) in [5.74, 6) is -1.73. The average Bonchev–Trinajstić information content (AvgIpc) is 3.35. The summed E-state index contributed by atoms with van der Waals surface area (Å²) in [6.45, 7) is 1.71. The number of aromatic carboxylic acids is 1. The van der Waals surface area contributed by atoms with Crippen molar-refractivity contribution in [3.8, 4) is 0 Å². The van der Waals surface area contributed by atoms with E-state index in [4.69, 9.17) is 4.42 Å². The first-order valence-electron chi connectivity index (χ1n) is 10.4. The van der Waals surface area contributed by atoms with Gasteiger partial charge in [-0.05, 0) is 41.8 Å². The summed E-state index contributed by atoms with van der Waals surface area (Å²) in [6.07, 6.45) is 0.380. The molecule has 0 unspecified atom stereocenters. The lowest BCUT2D eigenvalue weighted by atomic mass is 10.0. The van der Waals surface area contributed by atoms with Gasteiger partial charge in [-0.25, -0.2) is 9.59 Å². The molecule has 2 heterocycles. The maximum atomic E-state index is 13.2. The maximum Gasteiger partial charge on any atom is 0.417 e. The molecule has 4 rings (SSSR count). The molecule has 0 bridgehead atoms. The zero-order valence-electron chi connectivity index (χ0n) is 17.7. The maximum absolute atomic E-state index is 13.2. The van der Waals surface area contributed by atoms with E-state index in [9.17, 15) is 24.6 Å². The van der Waals surface area contributed by atoms with Gasteiger partial charge in [-0.2, -0.15) is 0 Å². The van der Waals surface area contributed by atoms with E-state index < -0.39 is 17.8 Å². The van der Waals surface area contributed by atoms with Crippen LogP contribution >= 0.6 is 0 Å². The van der Waals surface area contributed by atoms with Gasteiger partial charge in [-0.1, -0.05) is 18.2 Å². The highest BCUT2D eigenvalue weighted by Crippen LogP contribution is 2.25. The molecule has 9 nitrogen and oxygen atoms in total. The van der Waals surface area contributed by atoms with Crippen LogP contribution in [0.1, 0.15) is 33.9 Å². The smallest absolute Gasteiger partial charge is 0.417 e. The third-order valence-electron chi connectivity index (χ3n) is 5.90. The molecule has 1 aliphatic rings. The van der Waals surface area contributed by atoms with Gasteiger partial charge in [0.15, 0.2) is 5.58 Å². The minimum Gasteiger partial charge on any atom is -0.478 e. The highest BCUT2D eigenvalue weighted by molar-refractivity contribution is 5.88. The number of β-amino-alcohol motifs (C(OH)–C–C–N with tert-alkyl or cyclic N) is 1. The number of aliphatic hydroxyl groups excluding tert-OH is 1. The number of carbonyl (C=O) groups excluding carboxylic acids is 1. The van der Waals surface area contributed by atoms with E-state index in [-0.39, 0.29) is 23.9 Å². The van der Waals surface area contributed by atoms with Crippen molar-refractivity contribution in [1.29, 1.82) is 0 Å². The molecule has 1 fully saturated rings. The molecule has 9 heteroatoms. The Hall–Kier alpha value is -3.43. The Morgan fingerprint density at radius 2 is 2.09 bits per heavy atom. The summed E-state index contributed by atoms with van der Waals surface area (Å²) in [5.41, 5.74) is 2.55. The number of likely N-dealkylation sites (tertiary alicyclic amines) is 1. The molecule has 1 aliphatic heterocycles. The number of hydrogen-bond acceptors (Lipinski definition) is 6. The van der Waals surface area contributed by atoms with Crippen molar-refractivity contribution in [3.05, 3.63) is 69.7 Å². The van der Waals surface area contributed by atoms with Gasteiger partial charge in [0.25, 0.3) is 0 Å². The molecule has 32 heavy (non-hydrogen) atoms. The van der Waals surface area contributed by atoms with Gasteiger partial charge in [-0.15, -0.1) is 0 Å². The molecular weight excluding hydrogens is 414 g/mol. The third kappa shape index (κ3) is 4.74. The molecule has 168 valence electrons. The highest BCUT2D eigenvalue weighted by Gasteiger charge is 2.28. The second-order valence-corrected chi connectivity index (χ2v) is 8.17. The topological polar surface area (TPSA) is 127 Å². The van der Waals surface area contributed by atoms with Crippen LogP contribution in [0.2, 0.25) is 0 Å². The van der Waals surface area contributed by atoms with Crippen LogP contribution in [0.15, 0.2) is 51.7 Å². The van der Waals surface area contributed by atoms with Crippen LogP contribution in [-0.4, -0.2) is 69.7 Å². The number of aromatic nitrogens is 1. The number of likely N-dealkylation sites (N-methyl/N-ethyl adjacent to an activating group) is 1. The standard InChI is InChI=1S/C23H25N3O6/c1-25(21(28)10-14-5-6-20-18(9-14)24-23(31)32-20)19(13-26-8-7-17(27)12-26)15-3-2-4-16(11-15)22(29)30/h2-6,9,11,17,19,27H,7-8,10,12-13H2,1H3,(H,24,31)(H,29,30)/t17-,19+/m0/s1. The van der Waals surface area contributed by atoms with E-state index in [2.05, 4.69) is 9.88 Å². The van der Waals surface area contributed by atoms with E-state index in [0.717, 1.165) is 11.1 Å². The lowest BCUT2D eigenvalue weighted by Gasteiger charge is -2.32. The Morgan fingerprint density at radius 1 is 1.28 bits per heavy atom. The van der Waals surface area contributed by atoms with E-state index in [0.29, 0.717) is 37.2 Å². The molecule has 0 saturated carbocycles. The fourth-order valence-electron chi connectivity index (χ4n) is 4.14. The molecule has 1 saturated heterocycles. The number of oxazole rings is 1. The lowest BCUT2D eigenvalue weighted by molar-refractivity contribution is -0.131. The van der Waals surface area contributed by atoms with Gasteiger partial charge >= 0.3 is 11.7 Å². The molecule has 3 N–H and O–H groups in total. The van der Waals surface area contributed by atoms with Gasteiger partial charge < -0.3 is 19.5 Å². The van der Waals surface area contributed by atoms with Crippen molar-refractivity contribution in [2.24, 2.45) is 0 Å². The van der Waals surface area contributed by atoms with E-state index in [1.165, 1.54) is 6.07 Å². The van der Waals surface area contributed by atoms with Crippen LogP contribution < -0.4 is 5.76 Å². The molecule has 1 amide bonds. The average molecular weight is 439 g/mol. The SMILES string of the molecule is CN(C(=O)Cc1ccc2oc(=O)[nH]c2c1)[C@H](CN1CC[C@H](O)C1)c1cccc(C(=O)O)c1. The molecular formula is C23H25N3O6. The summed E-state index contributed by atoms with van der Waals surface area (Å²) in [6, 6.07) is 11.3. The Labute approximate surface area is 183 Å². The Balaban J connectivity index is 1.58. The Kier molecular flexibility index (Phi) is 6.11. The number of amides is 1. The number of hydrogen-bond donors (Lipinski definition) is 3. The second kappa shape index (κ2) is 8.97. The van der Waals surface area contributed by atoms with Crippen LogP contribution in [0.25, 0.3) is 11.1 Å². The number of rotatable bonds is 7. The summed E-state index contributed by atoms with van der Waals surface area (Å²) < 4.78 is 5.00. The zero-order valence-corrected chi connectivity index (χ0v) is 17.7. The van der Waals surface area contributed by atoms with Gasteiger partial charge in [-0.3, -0.25) is 14.7 Å². The van der Waals surface area contributed by atoms with Gasteiger partial charge in [0.05, 0.1) is 29.6 Å². The predicted molar refractivity (Wildman–Crippen MR) is 117 cm³/mol. The van der Waals surface area contributed by atoms with Gasteiger partial charge in [0.1, 0.15) is 0 Å². The first-order chi connectivity index (χ1) is 15.3. The molecule has 0 spiro atoms. The molecule has 2 aromatic carbocycles. The number of aromatic amines is 1. The largest absolute Gasteiger partial charge is 0.478 e. The molecule has 1 aromatic heterocycles. The monoisotopic (exact) mass is 439 g/mol. The first-order valence-corrected chi connectivity index (χ1v) is 10.4. The number of nitrogens with zero attached hydrogens (tertiary/aromatic N) is 2. The Bertz CT molecular complexity index is 1200. The van der Waals surface area contributed by atoms with Crippen LogP contribution in [-0.2, 0) is 11.2 Å². The predicted octanol–water partition coefficient (Wildman–Crippen LogP) is 1.63. The number of carbonyl (C=O) groups is 2. The van der Waals surface area contributed by atoms with E-state index in [1.54, 1.807) is 42.3 Å². The summed E-state index contributed by atoms with van der Waals surface area (Å²) in [5, 5.41) is 19.3. The normalized spacial score (nSPS) is 17.5. The number of fused-ring (bicyclic) bond motifs is 1. The van der Waals surface area contributed by atoms with Crippen molar-refractivity contribution in [1.82, 2.24) is 14.8 Å². The molecule has 0 radical (unpaired) electrons. The van der Waals surface area contributed by atoms with Crippen LogP contribution in [0.3, 0.4) is 0 Å². The van der Waals surface area contributed by atoms with Gasteiger partial charge in [0.2, 0.25) is 5.91 Å². The first kappa shape index (κ1) is 21.8. The van der Waals surface area contributed by atoms with Crippen molar-refractivity contribution in [2.75, 3.05) is 26.7 Å². The summed E-state index contributed by atoms with van der Waals surface area (Å²) >= 11 is 0.